The van der Waals surface area contributed by atoms with Crippen LogP contribution in [0.25, 0.3) is 0 Å². The van der Waals surface area contributed by atoms with Gasteiger partial charge in [0.1, 0.15) is 0 Å². The van der Waals surface area contributed by atoms with Gasteiger partial charge in [0.2, 0.25) is 0 Å². The molecule has 1 rings (SSSR count). The summed E-state index contributed by atoms with van der Waals surface area (Å²) in [4.78, 5) is 9.71. The molecule has 0 aromatic heterocycles. The van der Waals surface area contributed by atoms with Crippen molar-refractivity contribution in [2.75, 3.05) is 0 Å². The summed E-state index contributed by atoms with van der Waals surface area (Å²) in [6, 6.07) is 5.46. The molecule has 0 N–H and O–H groups in total. The fourth-order valence-electron chi connectivity index (χ4n) is 0.752. The molecule has 0 atom stereocenters. The molecule has 0 fully saturated rings. The zero-order valence-electron chi connectivity index (χ0n) is 5.80. The molecule has 0 aliphatic rings. The predicted molar refractivity (Wildman–Crippen MR) is 41.7 cm³/mol. The minimum Gasteiger partial charge on any atom is -0.258 e. The molecule has 3 nitrogen and oxygen atoms in total. The van der Waals surface area contributed by atoms with Crippen molar-refractivity contribution in [3.8, 4) is 0 Å². The number of non-ortho nitro benzene ring substituents is 1. The second-order valence-electron chi connectivity index (χ2n) is 2.12. The average molecular weight is 171 g/mol. The van der Waals surface area contributed by atoms with Crippen molar-refractivity contribution in [1.82, 2.24) is 0 Å². The van der Waals surface area contributed by atoms with Gasteiger partial charge in [-0.05, 0) is 18.6 Å². The third-order valence-electron chi connectivity index (χ3n) is 1.15. The van der Waals surface area contributed by atoms with E-state index in [9.17, 15) is 10.1 Å². The number of rotatable bonds is 1. The van der Waals surface area contributed by atoms with E-state index < -0.39 is 4.92 Å². The average Bonchev–Trinajstić information content (AvgIpc) is 1.85. The zero-order valence-corrected chi connectivity index (χ0v) is 6.55. The molecular weight excluding hydrogens is 166 g/mol. The Morgan fingerprint density at radius 3 is 2.73 bits per heavy atom. The largest absolute Gasteiger partial charge is 0.279 e. The molecule has 57 valence electrons. The Balaban J connectivity index is 3.19. The van der Waals surface area contributed by atoms with E-state index in [1.54, 1.807) is 13.0 Å². The molecular formula is C7H5ClNO2. The van der Waals surface area contributed by atoms with Gasteiger partial charge in [0, 0.05) is 11.1 Å². The van der Waals surface area contributed by atoms with E-state index in [-0.39, 0.29) is 5.69 Å². The first-order valence-electron chi connectivity index (χ1n) is 2.93. The Morgan fingerprint density at radius 1 is 1.64 bits per heavy atom. The molecule has 0 bridgehead atoms. The third-order valence-corrected chi connectivity index (χ3v) is 1.37. The molecule has 0 aliphatic carbocycles. The lowest BCUT2D eigenvalue weighted by Gasteiger charge is -1.93. The predicted octanol–water partition coefficient (Wildman–Crippen LogP) is 2.36. The number of hydrogen-bond acceptors (Lipinski definition) is 2. The number of hydrogen-bond donors (Lipinski definition) is 0. The van der Waals surface area contributed by atoms with Crippen LogP contribution in [0.4, 0.5) is 5.69 Å². The molecule has 0 saturated carbocycles. The van der Waals surface area contributed by atoms with Crippen LogP contribution in [0.5, 0.6) is 0 Å². The SMILES string of the molecule is Cc1[c]c([N+](=O)[O-])cc(Cl)c1. The van der Waals surface area contributed by atoms with E-state index in [0.29, 0.717) is 10.6 Å². The molecule has 0 heterocycles. The lowest BCUT2D eigenvalue weighted by molar-refractivity contribution is -0.385. The van der Waals surface area contributed by atoms with Crippen LogP contribution in [0.15, 0.2) is 12.1 Å². The van der Waals surface area contributed by atoms with Crippen LogP contribution in [-0.4, -0.2) is 4.92 Å². The molecule has 1 aromatic carbocycles. The molecule has 4 heteroatoms. The summed E-state index contributed by atoms with van der Waals surface area (Å²) in [6.07, 6.45) is 0. The van der Waals surface area contributed by atoms with Gasteiger partial charge < -0.3 is 0 Å². The van der Waals surface area contributed by atoms with Crippen LogP contribution in [0.1, 0.15) is 5.56 Å². The topological polar surface area (TPSA) is 43.1 Å². The van der Waals surface area contributed by atoms with Crippen molar-refractivity contribution < 1.29 is 4.92 Å². The Labute approximate surface area is 68.8 Å². The van der Waals surface area contributed by atoms with Crippen LogP contribution in [0, 0.1) is 23.1 Å². The number of halogens is 1. The minimum atomic E-state index is -0.515. The summed E-state index contributed by atoms with van der Waals surface area (Å²) in [5, 5.41) is 10.6. The van der Waals surface area contributed by atoms with E-state index in [2.05, 4.69) is 6.07 Å². The number of nitrogens with zero attached hydrogens (tertiary/aromatic N) is 1. The lowest BCUT2D eigenvalue weighted by Crippen LogP contribution is -1.88. The third kappa shape index (κ3) is 1.91. The van der Waals surface area contributed by atoms with Crippen LogP contribution >= 0.6 is 11.6 Å². The molecule has 1 aromatic rings. The molecule has 11 heavy (non-hydrogen) atoms. The maximum Gasteiger partial charge on any atom is 0.279 e. The summed E-state index contributed by atoms with van der Waals surface area (Å²) in [7, 11) is 0. The standard InChI is InChI=1S/C7H5ClNO2/c1-5-2-6(8)4-7(3-5)9(10)11/h2,4H,1H3. The second-order valence-corrected chi connectivity index (χ2v) is 2.56. The highest BCUT2D eigenvalue weighted by atomic mass is 35.5. The number of nitro benzene ring substituents is 1. The highest BCUT2D eigenvalue weighted by Gasteiger charge is 2.06. The number of nitro groups is 1. The first kappa shape index (κ1) is 8.01. The van der Waals surface area contributed by atoms with Crippen molar-refractivity contribution in [3.63, 3.8) is 0 Å². The molecule has 0 spiro atoms. The van der Waals surface area contributed by atoms with E-state index in [0.717, 1.165) is 0 Å². The van der Waals surface area contributed by atoms with Crippen molar-refractivity contribution in [3.05, 3.63) is 38.9 Å². The maximum absolute atomic E-state index is 10.2. The molecule has 0 amide bonds. The number of aryl methyl sites for hydroxylation is 1. The first-order chi connectivity index (χ1) is 5.09. The highest BCUT2D eigenvalue weighted by Crippen LogP contribution is 2.18. The van der Waals surface area contributed by atoms with Crippen LogP contribution < -0.4 is 0 Å². The normalized spacial score (nSPS) is 9.64. The van der Waals surface area contributed by atoms with Gasteiger partial charge in [0.05, 0.1) is 11.0 Å². The van der Waals surface area contributed by atoms with Crippen molar-refractivity contribution in [2.24, 2.45) is 0 Å². The molecule has 0 saturated heterocycles. The van der Waals surface area contributed by atoms with Crippen molar-refractivity contribution >= 4 is 17.3 Å². The van der Waals surface area contributed by atoms with Gasteiger partial charge in [-0.2, -0.15) is 0 Å². The van der Waals surface area contributed by atoms with Gasteiger partial charge in [0.25, 0.3) is 5.69 Å². The van der Waals surface area contributed by atoms with Gasteiger partial charge in [0.15, 0.2) is 0 Å². The lowest BCUT2D eigenvalue weighted by atomic mass is 10.2. The van der Waals surface area contributed by atoms with Gasteiger partial charge in [-0.3, -0.25) is 10.1 Å². The quantitative estimate of drug-likeness (QED) is 0.480. The Hall–Kier alpha value is -1.09. The van der Waals surface area contributed by atoms with Crippen molar-refractivity contribution in [2.45, 2.75) is 6.92 Å². The molecule has 0 unspecified atom stereocenters. The molecule has 0 aliphatic heterocycles. The summed E-state index contributed by atoms with van der Waals surface area (Å²) in [6.45, 7) is 1.71. The van der Waals surface area contributed by atoms with Crippen LogP contribution in [0.3, 0.4) is 0 Å². The van der Waals surface area contributed by atoms with Crippen LogP contribution in [0.2, 0.25) is 5.02 Å². The first-order valence-corrected chi connectivity index (χ1v) is 3.31. The maximum atomic E-state index is 10.2. The summed E-state index contributed by atoms with van der Waals surface area (Å²) in [5.74, 6) is 0. The molecule has 1 radical (unpaired) electrons. The van der Waals surface area contributed by atoms with E-state index in [4.69, 9.17) is 11.6 Å². The zero-order chi connectivity index (χ0) is 8.43. The fraction of sp³-hybridized carbons (Fsp3) is 0.143. The van der Waals surface area contributed by atoms with Gasteiger partial charge in [-0.1, -0.05) is 11.6 Å². The minimum absolute atomic E-state index is 0.0880. The van der Waals surface area contributed by atoms with Gasteiger partial charge in [-0.15, -0.1) is 0 Å². The van der Waals surface area contributed by atoms with E-state index in [1.165, 1.54) is 6.07 Å². The Morgan fingerprint density at radius 2 is 2.27 bits per heavy atom. The Kier molecular flexibility index (Phi) is 2.10. The van der Waals surface area contributed by atoms with E-state index in [1.807, 2.05) is 0 Å². The Bertz CT molecular complexity index is 278. The fourth-order valence-corrected chi connectivity index (χ4v) is 1.02. The smallest absolute Gasteiger partial charge is 0.258 e. The highest BCUT2D eigenvalue weighted by molar-refractivity contribution is 6.30. The summed E-state index contributed by atoms with van der Waals surface area (Å²) in [5.41, 5.74) is 0.583. The summed E-state index contributed by atoms with van der Waals surface area (Å²) < 4.78 is 0. The van der Waals surface area contributed by atoms with Gasteiger partial charge in [-0.25, -0.2) is 0 Å². The van der Waals surface area contributed by atoms with Gasteiger partial charge >= 0.3 is 0 Å². The van der Waals surface area contributed by atoms with E-state index >= 15 is 0 Å². The number of benzene rings is 1. The monoisotopic (exact) mass is 170 g/mol. The summed E-state index contributed by atoms with van der Waals surface area (Å²) >= 11 is 5.57. The van der Waals surface area contributed by atoms with Crippen molar-refractivity contribution in [1.29, 1.82) is 0 Å². The van der Waals surface area contributed by atoms with Crippen LogP contribution in [-0.2, 0) is 0 Å². The second kappa shape index (κ2) is 2.88.